The third-order valence-electron chi connectivity index (χ3n) is 5.99. The molecule has 0 aliphatic carbocycles. The van der Waals surface area contributed by atoms with E-state index >= 15 is 0 Å². The van der Waals surface area contributed by atoms with Crippen molar-refractivity contribution < 1.29 is 4.79 Å². The van der Waals surface area contributed by atoms with E-state index in [2.05, 4.69) is 56.3 Å². The largest absolute Gasteiger partial charge is 0.351 e. The van der Waals surface area contributed by atoms with Crippen LogP contribution in [0, 0.1) is 6.92 Å². The zero-order valence-electron chi connectivity index (χ0n) is 19.0. The van der Waals surface area contributed by atoms with Gasteiger partial charge in [0.2, 0.25) is 5.91 Å². The van der Waals surface area contributed by atoms with Crippen LogP contribution in [0.1, 0.15) is 36.1 Å². The molecule has 0 radical (unpaired) electrons. The first-order valence-corrected chi connectivity index (χ1v) is 11.6. The second-order valence-corrected chi connectivity index (χ2v) is 8.68. The SMILES string of the molecule is CC(=O)Nc1ccc(N2C(=S)N[C@@H](c3ccccn3)[C@@H]2c2ccc(C)n2-c2ccccc2)cc1. The van der Waals surface area contributed by atoms with Crippen LogP contribution in [-0.2, 0) is 4.79 Å². The minimum Gasteiger partial charge on any atom is -0.351 e. The van der Waals surface area contributed by atoms with E-state index in [0.29, 0.717) is 5.11 Å². The summed E-state index contributed by atoms with van der Waals surface area (Å²) in [6.07, 6.45) is 1.81. The summed E-state index contributed by atoms with van der Waals surface area (Å²) < 4.78 is 2.27. The minimum atomic E-state index is -0.138. The molecule has 3 heterocycles. The maximum Gasteiger partial charge on any atom is 0.221 e. The number of hydrogen-bond donors (Lipinski definition) is 2. The summed E-state index contributed by atoms with van der Waals surface area (Å²) in [5.74, 6) is -0.102. The third kappa shape index (κ3) is 4.06. The molecule has 1 fully saturated rings. The second-order valence-electron chi connectivity index (χ2n) is 8.30. The fraction of sp³-hybridized carbons (Fsp3) is 0.148. The van der Waals surface area contributed by atoms with Crippen molar-refractivity contribution in [1.29, 1.82) is 0 Å². The smallest absolute Gasteiger partial charge is 0.221 e. The molecule has 2 N–H and O–H groups in total. The number of aromatic nitrogens is 2. The highest BCUT2D eigenvalue weighted by molar-refractivity contribution is 7.80. The first-order chi connectivity index (χ1) is 16.5. The molecule has 2 aromatic carbocycles. The van der Waals surface area contributed by atoms with E-state index in [0.717, 1.165) is 34.1 Å². The first kappa shape index (κ1) is 21.9. The predicted molar refractivity (Wildman–Crippen MR) is 139 cm³/mol. The Morgan fingerprint density at radius 3 is 2.35 bits per heavy atom. The van der Waals surface area contributed by atoms with Crippen LogP contribution in [0.15, 0.2) is 91.1 Å². The number of carbonyl (C=O) groups excluding carboxylic acids is 1. The molecule has 0 unspecified atom stereocenters. The lowest BCUT2D eigenvalue weighted by atomic mass is 10.0. The zero-order chi connectivity index (χ0) is 23.7. The van der Waals surface area contributed by atoms with Crippen LogP contribution in [0.25, 0.3) is 5.69 Å². The van der Waals surface area contributed by atoms with Gasteiger partial charge >= 0.3 is 0 Å². The molecule has 1 saturated heterocycles. The fourth-order valence-corrected chi connectivity index (χ4v) is 4.91. The molecule has 2 aromatic heterocycles. The van der Waals surface area contributed by atoms with Crippen molar-refractivity contribution >= 4 is 34.6 Å². The van der Waals surface area contributed by atoms with Crippen LogP contribution in [0.2, 0.25) is 0 Å². The van der Waals surface area contributed by atoms with Crippen molar-refractivity contribution in [3.8, 4) is 5.69 Å². The van der Waals surface area contributed by atoms with Crippen LogP contribution in [-0.4, -0.2) is 20.6 Å². The van der Waals surface area contributed by atoms with Gasteiger partial charge in [-0.3, -0.25) is 9.78 Å². The van der Waals surface area contributed by atoms with Crippen LogP contribution >= 0.6 is 12.2 Å². The summed E-state index contributed by atoms with van der Waals surface area (Å²) in [5.41, 5.74) is 5.95. The molecule has 1 aliphatic heterocycles. The number of rotatable bonds is 5. The van der Waals surface area contributed by atoms with Crippen LogP contribution in [0.3, 0.4) is 0 Å². The number of pyridine rings is 1. The Morgan fingerprint density at radius 2 is 1.68 bits per heavy atom. The third-order valence-corrected chi connectivity index (χ3v) is 6.30. The van der Waals surface area contributed by atoms with Gasteiger partial charge < -0.3 is 20.1 Å². The first-order valence-electron chi connectivity index (χ1n) is 11.1. The number of nitrogens with one attached hydrogen (secondary N) is 2. The summed E-state index contributed by atoms with van der Waals surface area (Å²) in [7, 11) is 0. The van der Waals surface area contributed by atoms with Crippen molar-refractivity contribution in [3.05, 3.63) is 108 Å². The maximum atomic E-state index is 11.5. The van der Waals surface area contributed by atoms with Crippen molar-refractivity contribution in [2.45, 2.75) is 25.9 Å². The molecular weight excluding hydrogens is 442 g/mol. The van der Waals surface area contributed by atoms with Gasteiger partial charge in [0.15, 0.2) is 5.11 Å². The van der Waals surface area contributed by atoms with Gasteiger partial charge in [0.05, 0.1) is 11.7 Å². The monoisotopic (exact) mass is 467 g/mol. The lowest BCUT2D eigenvalue weighted by Crippen LogP contribution is -2.30. The number of benzene rings is 2. The van der Waals surface area contributed by atoms with Gasteiger partial charge in [-0.2, -0.15) is 0 Å². The topological polar surface area (TPSA) is 62.2 Å². The Kier molecular flexibility index (Phi) is 5.86. The van der Waals surface area contributed by atoms with E-state index in [9.17, 15) is 4.79 Å². The van der Waals surface area contributed by atoms with E-state index in [1.165, 1.54) is 6.92 Å². The lowest BCUT2D eigenvalue weighted by Gasteiger charge is -2.29. The molecule has 1 amide bonds. The molecule has 4 aromatic rings. The number of carbonyl (C=O) groups is 1. The van der Waals surface area contributed by atoms with E-state index < -0.39 is 0 Å². The molecule has 5 rings (SSSR count). The van der Waals surface area contributed by atoms with Crippen LogP contribution in [0.4, 0.5) is 11.4 Å². The molecule has 6 nitrogen and oxygen atoms in total. The molecular formula is C27H25N5OS. The van der Waals surface area contributed by atoms with Gasteiger partial charge in [-0.15, -0.1) is 0 Å². The molecule has 34 heavy (non-hydrogen) atoms. The quantitative estimate of drug-likeness (QED) is 0.389. The highest BCUT2D eigenvalue weighted by Crippen LogP contribution is 2.42. The Hall–Kier alpha value is -3.97. The van der Waals surface area contributed by atoms with Gasteiger partial charge in [-0.05, 0) is 79.8 Å². The average Bonchev–Trinajstić information content (AvgIpc) is 3.39. The number of nitrogens with zero attached hydrogens (tertiary/aromatic N) is 3. The number of amides is 1. The normalized spacial score (nSPS) is 17.5. The van der Waals surface area contributed by atoms with Gasteiger partial charge in [0, 0.05) is 41.6 Å². The highest BCUT2D eigenvalue weighted by atomic mass is 32.1. The van der Waals surface area contributed by atoms with Crippen LogP contribution in [0.5, 0.6) is 0 Å². The van der Waals surface area contributed by atoms with E-state index in [1.54, 1.807) is 0 Å². The minimum absolute atomic E-state index is 0.102. The van der Waals surface area contributed by atoms with E-state index in [4.69, 9.17) is 12.2 Å². The highest BCUT2D eigenvalue weighted by Gasteiger charge is 2.42. The standard InChI is InChI=1S/C27H25N5OS/c1-18-11-16-24(31(18)21-8-4-3-5-9-21)26-25(23-10-6-7-17-28-23)30-27(34)32(26)22-14-12-20(13-15-22)29-19(2)33/h3-17,25-26H,1-2H3,(H,29,33)(H,30,34)/t25-,26-/m0/s1. The fourth-order valence-electron chi connectivity index (χ4n) is 4.56. The predicted octanol–water partition coefficient (Wildman–Crippen LogP) is 5.32. The Labute approximate surface area is 204 Å². The van der Waals surface area contributed by atoms with Crippen molar-refractivity contribution in [2.75, 3.05) is 10.2 Å². The summed E-state index contributed by atoms with van der Waals surface area (Å²) in [6, 6.07) is 28.1. The van der Waals surface area contributed by atoms with Crippen molar-refractivity contribution in [2.24, 2.45) is 0 Å². The summed E-state index contributed by atoms with van der Waals surface area (Å²) in [4.78, 5) is 18.2. The molecule has 1 aliphatic rings. The molecule has 0 saturated carbocycles. The number of hydrogen-bond acceptors (Lipinski definition) is 3. The van der Waals surface area contributed by atoms with Gasteiger partial charge in [0.1, 0.15) is 6.04 Å². The van der Waals surface area contributed by atoms with E-state index in [-0.39, 0.29) is 18.0 Å². The molecule has 0 bridgehead atoms. The second kappa shape index (κ2) is 9.11. The van der Waals surface area contributed by atoms with Gasteiger partial charge in [-0.25, -0.2) is 0 Å². The molecule has 7 heteroatoms. The van der Waals surface area contributed by atoms with Crippen molar-refractivity contribution in [3.63, 3.8) is 0 Å². The Balaban J connectivity index is 1.64. The average molecular weight is 468 g/mol. The van der Waals surface area contributed by atoms with Crippen LogP contribution < -0.4 is 15.5 Å². The molecule has 0 spiro atoms. The summed E-state index contributed by atoms with van der Waals surface area (Å²) in [5, 5.41) is 6.97. The number of anilines is 2. The maximum absolute atomic E-state index is 11.5. The van der Waals surface area contributed by atoms with Crippen molar-refractivity contribution in [1.82, 2.24) is 14.9 Å². The molecule has 170 valence electrons. The summed E-state index contributed by atoms with van der Waals surface area (Å²) in [6.45, 7) is 3.61. The number of para-hydroxylation sites is 1. The zero-order valence-corrected chi connectivity index (χ0v) is 19.8. The number of aryl methyl sites for hydroxylation is 1. The Morgan fingerprint density at radius 1 is 0.941 bits per heavy atom. The number of thiocarbonyl (C=S) groups is 1. The summed E-state index contributed by atoms with van der Waals surface area (Å²) >= 11 is 5.85. The Bertz CT molecular complexity index is 1320. The van der Waals surface area contributed by atoms with Gasteiger partial charge in [-0.1, -0.05) is 24.3 Å². The van der Waals surface area contributed by atoms with Gasteiger partial charge in [0.25, 0.3) is 0 Å². The van der Waals surface area contributed by atoms with E-state index in [1.807, 2.05) is 66.9 Å². The molecule has 2 atom stereocenters. The lowest BCUT2D eigenvalue weighted by molar-refractivity contribution is -0.114.